The standard InChI is InChI=1S/C9H19O4/c10-12-8-6-4-2-1-3-5-7-9-13-11/h8,10-11H,1-7,9H2. The zero-order valence-corrected chi connectivity index (χ0v) is 7.95. The summed E-state index contributed by atoms with van der Waals surface area (Å²) in [6.45, 7) is 1.84. The van der Waals surface area contributed by atoms with Crippen molar-refractivity contribution in [2.24, 2.45) is 0 Å². The minimum absolute atomic E-state index is 0.437. The van der Waals surface area contributed by atoms with Crippen molar-refractivity contribution < 1.29 is 20.3 Å². The largest absolute Gasteiger partial charge is 0.252 e. The lowest BCUT2D eigenvalue weighted by Crippen LogP contribution is -1.89. The second-order valence-corrected chi connectivity index (χ2v) is 3.02. The van der Waals surface area contributed by atoms with Crippen molar-refractivity contribution in [3.8, 4) is 0 Å². The van der Waals surface area contributed by atoms with Gasteiger partial charge in [-0.05, 0) is 12.8 Å². The Balaban J connectivity index is 2.76. The molecule has 4 nitrogen and oxygen atoms in total. The van der Waals surface area contributed by atoms with Crippen molar-refractivity contribution in [3.63, 3.8) is 0 Å². The Hall–Kier alpha value is -0.160. The molecule has 0 saturated carbocycles. The van der Waals surface area contributed by atoms with Gasteiger partial charge in [0.25, 0.3) is 0 Å². The molecule has 0 saturated heterocycles. The van der Waals surface area contributed by atoms with Crippen LogP contribution >= 0.6 is 0 Å². The molecular formula is C9H19O4. The minimum atomic E-state index is 0.437. The van der Waals surface area contributed by atoms with E-state index < -0.39 is 0 Å². The van der Waals surface area contributed by atoms with E-state index >= 15 is 0 Å². The van der Waals surface area contributed by atoms with E-state index in [2.05, 4.69) is 9.78 Å². The first kappa shape index (κ1) is 12.8. The second kappa shape index (κ2) is 11.8. The van der Waals surface area contributed by atoms with Crippen LogP contribution in [0.15, 0.2) is 0 Å². The molecule has 0 aliphatic carbocycles. The smallest absolute Gasteiger partial charge is 0.122 e. The van der Waals surface area contributed by atoms with Crippen molar-refractivity contribution in [1.82, 2.24) is 0 Å². The Bertz CT molecular complexity index is 77.7. The predicted molar refractivity (Wildman–Crippen MR) is 48.9 cm³/mol. The van der Waals surface area contributed by atoms with Crippen molar-refractivity contribution in [2.45, 2.75) is 44.9 Å². The summed E-state index contributed by atoms with van der Waals surface area (Å²) in [5.74, 6) is 0. The van der Waals surface area contributed by atoms with Gasteiger partial charge in [0.2, 0.25) is 0 Å². The molecule has 0 rings (SSSR count). The van der Waals surface area contributed by atoms with Gasteiger partial charge < -0.3 is 0 Å². The van der Waals surface area contributed by atoms with Crippen LogP contribution in [0.3, 0.4) is 0 Å². The quantitative estimate of drug-likeness (QED) is 0.316. The highest BCUT2D eigenvalue weighted by Crippen LogP contribution is 2.07. The summed E-state index contributed by atoms with van der Waals surface area (Å²) in [6.07, 6.45) is 7.38. The highest BCUT2D eigenvalue weighted by atomic mass is 17.1. The van der Waals surface area contributed by atoms with E-state index in [9.17, 15) is 0 Å². The van der Waals surface area contributed by atoms with E-state index in [0.29, 0.717) is 6.61 Å². The number of hydrogen-bond donors (Lipinski definition) is 2. The number of hydrogen-bond acceptors (Lipinski definition) is 4. The van der Waals surface area contributed by atoms with Crippen molar-refractivity contribution in [3.05, 3.63) is 6.61 Å². The third-order valence-corrected chi connectivity index (χ3v) is 1.88. The minimum Gasteiger partial charge on any atom is -0.252 e. The Morgan fingerprint density at radius 2 is 1.46 bits per heavy atom. The maximum atomic E-state index is 8.02. The Kier molecular flexibility index (Phi) is 11.7. The molecule has 0 atom stereocenters. The fourth-order valence-corrected chi connectivity index (χ4v) is 1.15. The van der Waals surface area contributed by atoms with Gasteiger partial charge in [0.1, 0.15) is 6.61 Å². The molecule has 0 bridgehead atoms. The molecule has 79 valence electrons. The van der Waals surface area contributed by atoms with Crippen LogP contribution in [0, 0.1) is 6.61 Å². The van der Waals surface area contributed by atoms with Crippen molar-refractivity contribution in [1.29, 1.82) is 0 Å². The van der Waals surface area contributed by atoms with E-state index in [1.807, 2.05) is 0 Å². The van der Waals surface area contributed by atoms with Gasteiger partial charge in [0.15, 0.2) is 0 Å². The monoisotopic (exact) mass is 191 g/mol. The van der Waals surface area contributed by atoms with Gasteiger partial charge in [-0.3, -0.25) is 10.5 Å². The summed E-state index contributed by atoms with van der Waals surface area (Å²) in [5, 5.41) is 16.0. The summed E-state index contributed by atoms with van der Waals surface area (Å²) in [4.78, 5) is 7.78. The van der Waals surface area contributed by atoms with Crippen LogP contribution in [0.1, 0.15) is 44.9 Å². The van der Waals surface area contributed by atoms with Crippen LogP contribution < -0.4 is 0 Å². The molecule has 13 heavy (non-hydrogen) atoms. The molecule has 0 aromatic heterocycles. The Morgan fingerprint density at radius 3 is 2.08 bits per heavy atom. The van der Waals surface area contributed by atoms with Crippen LogP contribution in [0.4, 0.5) is 0 Å². The molecule has 2 N–H and O–H groups in total. The molecule has 1 radical (unpaired) electrons. The first-order chi connectivity index (χ1) is 6.41. The molecule has 0 aliphatic heterocycles. The van der Waals surface area contributed by atoms with Crippen LogP contribution in [0.25, 0.3) is 0 Å². The molecule has 0 unspecified atom stereocenters. The van der Waals surface area contributed by atoms with Gasteiger partial charge in [-0.2, -0.15) is 0 Å². The van der Waals surface area contributed by atoms with Gasteiger partial charge in [0, 0.05) is 0 Å². The van der Waals surface area contributed by atoms with Crippen LogP contribution in [-0.2, 0) is 9.78 Å². The third kappa shape index (κ3) is 11.8. The van der Waals surface area contributed by atoms with E-state index in [0.717, 1.165) is 32.1 Å². The van der Waals surface area contributed by atoms with Crippen molar-refractivity contribution in [2.75, 3.05) is 6.61 Å². The summed E-state index contributed by atoms with van der Waals surface area (Å²) < 4.78 is 0. The molecule has 0 spiro atoms. The first-order valence-corrected chi connectivity index (χ1v) is 4.80. The lowest BCUT2D eigenvalue weighted by Gasteiger charge is -2.00. The van der Waals surface area contributed by atoms with Crippen LogP contribution in [-0.4, -0.2) is 17.1 Å². The van der Waals surface area contributed by atoms with Crippen LogP contribution in [0.5, 0.6) is 0 Å². The number of rotatable bonds is 10. The lowest BCUT2D eigenvalue weighted by molar-refractivity contribution is -0.242. The van der Waals surface area contributed by atoms with Gasteiger partial charge in [0.05, 0.1) is 6.61 Å². The Labute approximate surface area is 79.3 Å². The molecule has 0 aliphatic rings. The average molecular weight is 191 g/mol. The van der Waals surface area contributed by atoms with Gasteiger partial charge in [-0.25, -0.2) is 9.78 Å². The average Bonchev–Trinajstić information content (AvgIpc) is 2.16. The van der Waals surface area contributed by atoms with Gasteiger partial charge >= 0.3 is 0 Å². The molecule has 0 heterocycles. The van der Waals surface area contributed by atoms with Crippen molar-refractivity contribution >= 4 is 0 Å². The topological polar surface area (TPSA) is 58.9 Å². The van der Waals surface area contributed by atoms with Crippen LogP contribution in [0.2, 0.25) is 0 Å². The normalized spacial score (nSPS) is 10.6. The highest BCUT2D eigenvalue weighted by molar-refractivity contribution is 4.50. The highest BCUT2D eigenvalue weighted by Gasteiger charge is 1.92. The molecule has 0 amide bonds. The van der Waals surface area contributed by atoms with Gasteiger partial charge in [-0.15, -0.1) is 0 Å². The Morgan fingerprint density at radius 1 is 0.846 bits per heavy atom. The molecule has 0 aromatic carbocycles. The van der Waals surface area contributed by atoms with E-state index in [1.54, 1.807) is 0 Å². The summed E-state index contributed by atoms with van der Waals surface area (Å²) in [6, 6.07) is 0. The zero-order chi connectivity index (χ0) is 9.78. The summed E-state index contributed by atoms with van der Waals surface area (Å²) in [7, 11) is 0. The maximum Gasteiger partial charge on any atom is 0.122 e. The summed E-state index contributed by atoms with van der Waals surface area (Å²) in [5.41, 5.74) is 0. The van der Waals surface area contributed by atoms with E-state index in [1.165, 1.54) is 19.4 Å². The second-order valence-electron chi connectivity index (χ2n) is 3.02. The fourth-order valence-electron chi connectivity index (χ4n) is 1.15. The third-order valence-electron chi connectivity index (χ3n) is 1.88. The summed E-state index contributed by atoms with van der Waals surface area (Å²) >= 11 is 0. The van der Waals surface area contributed by atoms with Gasteiger partial charge in [-0.1, -0.05) is 32.1 Å². The molecule has 4 heteroatoms. The first-order valence-electron chi connectivity index (χ1n) is 4.80. The van der Waals surface area contributed by atoms with E-state index in [4.69, 9.17) is 10.5 Å². The molecule has 0 aromatic rings. The van der Waals surface area contributed by atoms with E-state index in [-0.39, 0.29) is 0 Å². The SMILES string of the molecule is OO[CH]CCCCCCCCOO. The fraction of sp³-hybridized carbons (Fsp3) is 0.889. The molecule has 0 fully saturated rings. The number of unbranched alkanes of at least 4 members (excludes halogenated alkanes) is 6. The lowest BCUT2D eigenvalue weighted by atomic mass is 10.1. The maximum absolute atomic E-state index is 8.02. The zero-order valence-electron chi connectivity index (χ0n) is 7.95. The predicted octanol–water partition coefficient (Wildman–Crippen LogP) is 2.86. The molecular weight excluding hydrogens is 172 g/mol.